The summed E-state index contributed by atoms with van der Waals surface area (Å²) in [6, 6.07) is 8.60. The Bertz CT molecular complexity index is 1210. The van der Waals surface area contributed by atoms with Crippen molar-refractivity contribution in [2.45, 2.75) is 24.0 Å². The lowest BCUT2D eigenvalue weighted by Gasteiger charge is -2.09. The van der Waals surface area contributed by atoms with Crippen molar-refractivity contribution < 1.29 is 14.5 Å². The number of carboxylic acid groups (broad SMARTS) is 1. The molecule has 0 radical (unpaired) electrons. The smallest absolute Gasteiger partial charge is 0.335 e. The van der Waals surface area contributed by atoms with Gasteiger partial charge in [-0.05, 0) is 46.9 Å². The highest BCUT2D eigenvalue weighted by Crippen LogP contribution is 2.43. The second kappa shape index (κ2) is 8.73. The topological polar surface area (TPSA) is 112 Å². The van der Waals surface area contributed by atoms with E-state index in [-0.39, 0.29) is 5.56 Å². The molecule has 6 nitrogen and oxygen atoms in total. The van der Waals surface area contributed by atoms with Crippen molar-refractivity contribution in [3.05, 3.63) is 47.5 Å². The van der Waals surface area contributed by atoms with Gasteiger partial charge in [-0.2, -0.15) is 0 Å². The van der Waals surface area contributed by atoms with Crippen molar-refractivity contribution in [2.24, 2.45) is 0 Å². The van der Waals surface area contributed by atoms with Gasteiger partial charge in [-0.25, -0.2) is 14.8 Å². The number of nitrogens with two attached hydrogens (primary N) is 1. The van der Waals surface area contributed by atoms with Gasteiger partial charge in [0.05, 0.1) is 5.56 Å². The molecular weight excluding hydrogens is 438 g/mol. The first kappa shape index (κ1) is 20.8. The minimum absolute atomic E-state index is 0.189. The maximum absolute atomic E-state index is 12.8. The molecule has 0 aliphatic rings. The molecule has 3 aromatic heterocycles. The summed E-state index contributed by atoms with van der Waals surface area (Å²) in [5.74, 6) is -0.446. The van der Waals surface area contributed by atoms with Crippen LogP contribution in [0, 0.1) is 0 Å². The third-order valence-corrected chi connectivity index (χ3v) is 8.42. The number of unbranched alkanes of at least 4 members (excludes halogenated alkanes) is 1. The molecule has 9 heteroatoms. The third-order valence-electron chi connectivity index (χ3n) is 4.63. The van der Waals surface area contributed by atoms with Crippen molar-refractivity contribution in [3.8, 4) is 21.8 Å². The van der Waals surface area contributed by atoms with Crippen LogP contribution in [0.15, 0.2) is 46.1 Å². The minimum atomic E-state index is -1.20. The van der Waals surface area contributed by atoms with E-state index in [0.29, 0.717) is 31.6 Å². The van der Waals surface area contributed by atoms with E-state index in [1.165, 1.54) is 22.7 Å². The molecule has 3 heterocycles. The number of nitrogens with zero attached hydrogens (tertiary/aromatic N) is 2. The van der Waals surface area contributed by atoms with Crippen molar-refractivity contribution in [3.63, 3.8) is 0 Å². The van der Waals surface area contributed by atoms with Gasteiger partial charge in [0.25, 0.3) is 0 Å². The molecule has 1 aromatic carbocycles. The molecular formula is C21H19N3O3S3. The maximum Gasteiger partial charge on any atom is 0.335 e. The number of hydrogen-bond donors (Lipinski definition) is 2. The SMILES string of the molecule is CCCC[S+]([O-])c1sc2nc(-c3nccs3)cc(-c3cccc(C(=O)O)c3)c2c1N. The van der Waals surface area contributed by atoms with Crippen molar-refractivity contribution in [1.29, 1.82) is 0 Å². The number of carboxylic acids is 1. The van der Waals surface area contributed by atoms with Gasteiger partial charge in [0, 0.05) is 17.0 Å². The number of anilines is 1. The van der Waals surface area contributed by atoms with Gasteiger partial charge < -0.3 is 15.4 Å². The molecule has 4 aromatic rings. The number of pyridine rings is 1. The number of carbonyl (C=O) groups is 1. The highest BCUT2D eigenvalue weighted by atomic mass is 32.2. The third kappa shape index (κ3) is 3.93. The first-order valence-corrected chi connectivity index (χ1v) is 12.4. The summed E-state index contributed by atoms with van der Waals surface area (Å²) in [5, 5.41) is 12.7. The molecule has 0 saturated heterocycles. The van der Waals surface area contributed by atoms with Crippen molar-refractivity contribution in [1.82, 2.24) is 9.97 Å². The summed E-state index contributed by atoms with van der Waals surface area (Å²) in [6.45, 7) is 2.06. The molecule has 0 aliphatic carbocycles. The maximum atomic E-state index is 12.8. The molecule has 30 heavy (non-hydrogen) atoms. The summed E-state index contributed by atoms with van der Waals surface area (Å²) in [7, 11) is 0. The van der Waals surface area contributed by atoms with Crippen LogP contribution in [0.2, 0.25) is 0 Å². The quantitative estimate of drug-likeness (QED) is 0.365. The van der Waals surface area contributed by atoms with E-state index in [1.807, 2.05) is 17.5 Å². The predicted octanol–water partition coefficient (Wildman–Crippen LogP) is 5.27. The molecule has 3 N–H and O–H groups in total. The molecule has 0 spiro atoms. The number of rotatable bonds is 7. The highest BCUT2D eigenvalue weighted by molar-refractivity contribution is 7.93. The number of fused-ring (bicyclic) bond motifs is 1. The van der Waals surface area contributed by atoms with Crippen LogP contribution in [0.1, 0.15) is 30.1 Å². The van der Waals surface area contributed by atoms with Crippen LogP contribution in [-0.2, 0) is 11.2 Å². The second-order valence-corrected chi connectivity index (χ2v) is 10.3. The molecule has 154 valence electrons. The van der Waals surface area contributed by atoms with Crippen molar-refractivity contribution >= 4 is 55.7 Å². The molecule has 0 bridgehead atoms. The van der Waals surface area contributed by atoms with E-state index in [9.17, 15) is 14.5 Å². The van der Waals surface area contributed by atoms with Crippen LogP contribution in [0.4, 0.5) is 5.69 Å². The Morgan fingerprint density at radius 2 is 2.17 bits per heavy atom. The monoisotopic (exact) mass is 457 g/mol. The number of hydrogen-bond acceptors (Lipinski definition) is 7. The lowest BCUT2D eigenvalue weighted by molar-refractivity contribution is 0.0697. The van der Waals surface area contributed by atoms with Gasteiger partial charge in [-0.3, -0.25) is 0 Å². The normalized spacial score (nSPS) is 12.3. The number of benzene rings is 1. The van der Waals surface area contributed by atoms with Gasteiger partial charge in [0.2, 0.25) is 4.21 Å². The minimum Gasteiger partial charge on any atom is -0.611 e. The van der Waals surface area contributed by atoms with Crippen LogP contribution in [0.5, 0.6) is 0 Å². The van der Waals surface area contributed by atoms with Gasteiger partial charge in [-0.1, -0.05) is 36.8 Å². The van der Waals surface area contributed by atoms with E-state index in [0.717, 1.165) is 29.0 Å². The number of thiophene rings is 1. The fraction of sp³-hybridized carbons (Fsp3) is 0.190. The Morgan fingerprint density at radius 3 is 2.87 bits per heavy atom. The molecule has 0 fully saturated rings. The Labute approximate surface area is 184 Å². The van der Waals surface area contributed by atoms with E-state index in [1.54, 1.807) is 24.4 Å². The van der Waals surface area contributed by atoms with Gasteiger partial charge >= 0.3 is 5.97 Å². The molecule has 0 amide bonds. The zero-order valence-corrected chi connectivity index (χ0v) is 18.6. The summed E-state index contributed by atoms with van der Waals surface area (Å²) >= 11 is 1.61. The zero-order chi connectivity index (χ0) is 21.3. The first-order valence-electron chi connectivity index (χ1n) is 9.34. The Morgan fingerprint density at radius 1 is 1.33 bits per heavy atom. The fourth-order valence-corrected chi connectivity index (χ4v) is 6.54. The van der Waals surface area contributed by atoms with Crippen LogP contribution in [-0.4, -0.2) is 31.3 Å². The van der Waals surface area contributed by atoms with E-state index in [2.05, 4.69) is 11.9 Å². The molecule has 1 atom stereocenters. The average molecular weight is 458 g/mol. The Balaban J connectivity index is 1.95. The van der Waals surface area contributed by atoms with Gasteiger partial charge in [0.1, 0.15) is 27.0 Å². The van der Waals surface area contributed by atoms with Crippen LogP contribution < -0.4 is 5.73 Å². The molecule has 0 aliphatic heterocycles. The number of nitrogen functional groups attached to an aromatic ring is 1. The first-order chi connectivity index (χ1) is 14.5. The number of aromatic carboxylic acids is 1. The number of thiazole rings is 1. The largest absolute Gasteiger partial charge is 0.611 e. The van der Waals surface area contributed by atoms with Crippen LogP contribution in [0.3, 0.4) is 0 Å². The lowest BCUT2D eigenvalue weighted by Crippen LogP contribution is -2.06. The molecule has 1 unspecified atom stereocenters. The van der Waals surface area contributed by atoms with Crippen LogP contribution in [0.25, 0.3) is 32.0 Å². The van der Waals surface area contributed by atoms with Crippen molar-refractivity contribution in [2.75, 3.05) is 11.5 Å². The summed E-state index contributed by atoms with van der Waals surface area (Å²) < 4.78 is 13.4. The summed E-state index contributed by atoms with van der Waals surface area (Å²) in [6.07, 6.45) is 3.52. The Kier molecular flexibility index (Phi) is 6.05. The van der Waals surface area contributed by atoms with E-state index >= 15 is 0 Å². The van der Waals surface area contributed by atoms with E-state index < -0.39 is 17.1 Å². The highest BCUT2D eigenvalue weighted by Gasteiger charge is 2.25. The van der Waals surface area contributed by atoms with Crippen LogP contribution >= 0.6 is 22.7 Å². The summed E-state index contributed by atoms with van der Waals surface area (Å²) in [4.78, 5) is 21.3. The molecule has 0 saturated carbocycles. The second-order valence-electron chi connectivity index (χ2n) is 6.66. The molecule has 4 rings (SSSR count). The van der Waals surface area contributed by atoms with Gasteiger partial charge in [-0.15, -0.1) is 11.3 Å². The fourth-order valence-electron chi connectivity index (χ4n) is 3.14. The van der Waals surface area contributed by atoms with Gasteiger partial charge in [0.15, 0.2) is 0 Å². The van der Waals surface area contributed by atoms with E-state index in [4.69, 9.17) is 10.7 Å². The lowest BCUT2D eigenvalue weighted by atomic mass is 10.00. The zero-order valence-electron chi connectivity index (χ0n) is 16.1. The summed E-state index contributed by atoms with van der Waals surface area (Å²) in [5.41, 5.74) is 9.27. The predicted molar refractivity (Wildman–Crippen MR) is 124 cm³/mol. The average Bonchev–Trinajstić information content (AvgIpc) is 3.40. The number of aromatic nitrogens is 2. The Hall–Kier alpha value is -2.46. The standard InChI is InChI=1S/C21H19N3O3S3/c1-2-3-9-30(27)21-17(22)16-14(12-5-4-6-13(10-12)20(25)26)11-15(24-19(16)29-21)18-23-7-8-28-18/h4-8,10-11H,2-3,9,22H2,1H3,(H,25,26).